The number of benzene rings is 1. The Hall–Kier alpha value is -1.20. The van der Waals surface area contributed by atoms with Gasteiger partial charge in [-0.3, -0.25) is 4.68 Å². The molecule has 0 aliphatic heterocycles. The Morgan fingerprint density at radius 3 is 2.68 bits per heavy atom. The van der Waals surface area contributed by atoms with Crippen LogP contribution in [0.1, 0.15) is 28.6 Å². The van der Waals surface area contributed by atoms with Gasteiger partial charge in [0.2, 0.25) is 0 Å². The van der Waals surface area contributed by atoms with Crippen molar-refractivity contribution >= 4 is 15.9 Å². The predicted molar refractivity (Wildman–Crippen MR) is 75.4 cm³/mol. The second kappa shape index (κ2) is 5.43. The Bertz CT molecular complexity index is 610. The smallest absolute Gasteiger partial charge is 0.129 e. The molecule has 0 aliphatic carbocycles. The molecule has 0 bridgehead atoms. The first-order chi connectivity index (χ1) is 8.90. The fourth-order valence-corrected chi connectivity index (χ4v) is 2.61. The standard InChI is InChI=1S/C14H16BrFN2O/c1-8-4-5-11(16)10(6-8)13(19)7-12-14(15)9(2)17-18(12)3/h4-6,13,19H,7H2,1-3H3. The van der Waals surface area contributed by atoms with E-state index in [1.54, 1.807) is 16.8 Å². The third kappa shape index (κ3) is 2.87. The molecule has 0 saturated carbocycles. The Balaban J connectivity index is 2.30. The molecule has 1 atom stereocenters. The molecule has 0 radical (unpaired) electrons. The molecule has 0 aliphatic rings. The van der Waals surface area contributed by atoms with Gasteiger partial charge < -0.3 is 5.11 Å². The Morgan fingerprint density at radius 2 is 2.11 bits per heavy atom. The molecule has 102 valence electrons. The molecule has 1 aromatic heterocycles. The summed E-state index contributed by atoms with van der Waals surface area (Å²) in [7, 11) is 1.81. The van der Waals surface area contributed by atoms with Gasteiger partial charge in [-0.05, 0) is 35.8 Å². The summed E-state index contributed by atoms with van der Waals surface area (Å²) in [6.45, 7) is 3.76. The second-order valence-electron chi connectivity index (χ2n) is 4.71. The molecule has 5 heteroatoms. The van der Waals surface area contributed by atoms with Gasteiger partial charge in [-0.25, -0.2) is 4.39 Å². The van der Waals surface area contributed by atoms with Crippen molar-refractivity contribution in [2.45, 2.75) is 26.4 Å². The highest BCUT2D eigenvalue weighted by Gasteiger charge is 2.18. The molecule has 0 fully saturated rings. The first-order valence-electron chi connectivity index (χ1n) is 6.02. The number of hydrogen-bond acceptors (Lipinski definition) is 2. The largest absolute Gasteiger partial charge is 0.388 e. The summed E-state index contributed by atoms with van der Waals surface area (Å²) in [5.41, 5.74) is 2.96. The Labute approximate surface area is 120 Å². The van der Waals surface area contributed by atoms with Gasteiger partial charge in [0.05, 0.1) is 22.0 Å². The molecule has 0 saturated heterocycles. The average molecular weight is 327 g/mol. The van der Waals surface area contributed by atoms with E-state index in [2.05, 4.69) is 21.0 Å². The van der Waals surface area contributed by atoms with E-state index in [0.29, 0.717) is 12.0 Å². The number of nitrogens with zero attached hydrogens (tertiary/aromatic N) is 2. The maximum Gasteiger partial charge on any atom is 0.129 e. The van der Waals surface area contributed by atoms with E-state index in [4.69, 9.17) is 0 Å². The molecule has 0 amide bonds. The minimum absolute atomic E-state index is 0.318. The molecule has 2 rings (SSSR count). The van der Waals surface area contributed by atoms with Crippen LogP contribution in [-0.2, 0) is 13.5 Å². The summed E-state index contributed by atoms with van der Waals surface area (Å²) >= 11 is 3.45. The van der Waals surface area contributed by atoms with Crippen LogP contribution in [0.3, 0.4) is 0 Å². The third-order valence-corrected chi connectivity index (χ3v) is 4.19. The maximum absolute atomic E-state index is 13.7. The number of halogens is 2. The van der Waals surface area contributed by atoms with Gasteiger partial charge >= 0.3 is 0 Å². The number of rotatable bonds is 3. The Morgan fingerprint density at radius 1 is 1.42 bits per heavy atom. The van der Waals surface area contributed by atoms with Gasteiger partial charge in [0.1, 0.15) is 5.82 Å². The third-order valence-electron chi connectivity index (χ3n) is 3.16. The van der Waals surface area contributed by atoms with E-state index in [0.717, 1.165) is 21.4 Å². The molecule has 19 heavy (non-hydrogen) atoms. The van der Waals surface area contributed by atoms with Gasteiger partial charge in [0.15, 0.2) is 0 Å². The number of hydrogen-bond donors (Lipinski definition) is 1. The van der Waals surface area contributed by atoms with E-state index in [1.165, 1.54) is 6.07 Å². The summed E-state index contributed by atoms with van der Waals surface area (Å²) in [5.74, 6) is -0.381. The van der Waals surface area contributed by atoms with E-state index in [1.807, 2.05) is 20.9 Å². The van der Waals surface area contributed by atoms with Crippen LogP contribution in [0.4, 0.5) is 4.39 Å². The van der Waals surface area contributed by atoms with Gasteiger partial charge in [-0.15, -0.1) is 0 Å². The minimum Gasteiger partial charge on any atom is -0.388 e. The van der Waals surface area contributed by atoms with Crippen LogP contribution >= 0.6 is 15.9 Å². The zero-order chi connectivity index (χ0) is 14.2. The highest BCUT2D eigenvalue weighted by atomic mass is 79.9. The van der Waals surface area contributed by atoms with Crippen LogP contribution in [-0.4, -0.2) is 14.9 Å². The molecule has 0 spiro atoms. The van der Waals surface area contributed by atoms with Crippen LogP contribution < -0.4 is 0 Å². The average Bonchev–Trinajstić information content (AvgIpc) is 2.59. The molecule has 1 aromatic carbocycles. The van der Waals surface area contributed by atoms with E-state index >= 15 is 0 Å². The summed E-state index contributed by atoms with van der Waals surface area (Å²) in [4.78, 5) is 0. The van der Waals surface area contributed by atoms with E-state index in [9.17, 15) is 9.50 Å². The monoisotopic (exact) mass is 326 g/mol. The lowest BCUT2D eigenvalue weighted by Crippen LogP contribution is -2.08. The fraction of sp³-hybridized carbons (Fsp3) is 0.357. The van der Waals surface area contributed by atoms with Crippen molar-refractivity contribution in [3.63, 3.8) is 0 Å². The molecule has 1 heterocycles. The van der Waals surface area contributed by atoms with Crippen molar-refractivity contribution in [3.8, 4) is 0 Å². The van der Waals surface area contributed by atoms with Crippen molar-refractivity contribution in [1.29, 1.82) is 0 Å². The summed E-state index contributed by atoms with van der Waals surface area (Å²) in [5, 5.41) is 14.5. The highest BCUT2D eigenvalue weighted by molar-refractivity contribution is 9.10. The fourth-order valence-electron chi connectivity index (χ4n) is 2.11. The maximum atomic E-state index is 13.7. The lowest BCUT2D eigenvalue weighted by Gasteiger charge is -2.13. The van der Waals surface area contributed by atoms with E-state index < -0.39 is 6.10 Å². The predicted octanol–water partition coefficient (Wildman–Crippen LogP) is 3.21. The van der Waals surface area contributed by atoms with Crippen molar-refractivity contribution in [1.82, 2.24) is 9.78 Å². The van der Waals surface area contributed by atoms with Crippen LogP contribution in [0.2, 0.25) is 0 Å². The van der Waals surface area contributed by atoms with Crippen LogP contribution in [0.5, 0.6) is 0 Å². The summed E-state index contributed by atoms with van der Waals surface area (Å²) in [6, 6.07) is 4.75. The minimum atomic E-state index is -0.883. The number of aliphatic hydroxyl groups is 1. The molecule has 2 aromatic rings. The van der Waals surface area contributed by atoms with Crippen LogP contribution in [0.25, 0.3) is 0 Å². The SMILES string of the molecule is Cc1ccc(F)c(C(O)Cc2c(Br)c(C)nn2C)c1. The van der Waals surface area contributed by atoms with Crippen LogP contribution in [0, 0.1) is 19.7 Å². The molecular formula is C14H16BrFN2O. The van der Waals surface area contributed by atoms with Crippen LogP contribution in [0.15, 0.2) is 22.7 Å². The topological polar surface area (TPSA) is 38.1 Å². The number of aliphatic hydroxyl groups excluding tert-OH is 1. The summed E-state index contributed by atoms with van der Waals surface area (Å²) in [6.07, 6.45) is -0.566. The summed E-state index contributed by atoms with van der Waals surface area (Å²) < 4.78 is 16.3. The first kappa shape index (κ1) is 14.2. The second-order valence-corrected chi connectivity index (χ2v) is 5.51. The molecular weight excluding hydrogens is 311 g/mol. The van der Waals surface area contributed by atoms with Gasteiger partial charge in [0, 0.05) is 19.0 Å². The molecule has 1 unspecified atom stereocenters. The number of aromatic nitrogens is 2. The quantitative estimate of drug-likeness (QED) is 0.940. The first-order valence-corrected chi connectivity index (χ1v) is 6.81. The van der Waals surface area contributed by atoms with E-state index in [-0.39, 0.29) is 5.82 Å². The zero-order valence-electron chi connectivity index (χ0n) is 11.1. The zero-order valence-corrected chi connectivity index (χ0v) is 12.7. The highest BCUT2D eigenvalue weighted by Crippen LogP contribution is 2.27. The molecule has 3 nitrogen and oxygen atoms in total. The van der Waals surface area contributed by atoms with Gasteiger partial charge in [-0.1, -0.05) is 17.7 Å². The Kier molecular flexibility index (Phi) is 4.06. The normalized spacial score (nSPS) is 12.7. The van der Waals surface area contributed by atoms with Crippen molar-refractivity contribution < 1.29 is 9.50 Å². The van der Waals surface area contributed by atoms with Crippen molar-refractivity contribution in [2.75, 3.05) is 0 Å². The number of aryl methyl sites for hydroxylation is 3. The van der Waals surface area contributed by atoms with Crippen molar-refractivity contribution in [2.24, 2.45) is 7.05 Å². The molecule has 1 N–H and O–H groups in total. The lowest BCUT2D eigenvalue weighted by molar-refractivity contribution is 0.170. The van der Waals surface area contributed by atoms with Crippen molar-refractivity contribution in [3.05, 3.63) is 51.0 Å². The van der Waals surface area contributed by atoms with Gasteiger partial charge in [-0.2, -0.15) is 5.10 Å². The van der Waals surface area contributed by atoms with Gasteiger partial charge in [0.25, 0.3) is 0 Å². The lowest BCUT2D eigenvalue weighted by atomic mass is 10.0.